The van der Waals surface area contributed by atoms with E-state index in [1.165, 1.54) is 12.1 Å². The van der Waals surface area contributed by atoms with Crippen LogP contribution in [0.5, 0.6) is 0 Å². The van der Waals surface area contributed by atoms with Crippen LogP contribution in [0.4, 0.5) is 4.39 Å². The number of rotatable bonds is 4. The van der Waals surface area contributed by atoms with Crippen molar-refractivity contribution >= 4 is 5.96 Å². The summed E-state index contributed by atoms with van der Waals surface area (Å²) in [6.07, 6.45) is 0. The number of nitrogens with two attached hydrogens (primary N) is 1. The summed E-state index contributed by atoms with van der Waals surface area (Å²) in [5.74, 6) is 0.119. The largest absolute Gasteiger partial charge is 0.370 e. The van der Waals surface area contributed by atoms with E-state index in [1.807, 2.05) is 6.92 Å². The predicted octanol–water partition coefficient (Wildman–Crippen LogP) is 1.81. The fraction of sp³-hybridized carbons (Fsp3) is 0.250. The molecule has 0 bridgehead atoms. The standard InChI is InChI=1S/C12H16FN3/c1-9(2)7-15-12(14)16-8-10-3-5-11(13)6-4-10/h3-6H,1,7-8H2,2H3,(H3,14,15,16). The molecule has 1 rings (SSSR count). The van der Waals surface area contributed by atoms with Crippen LogP contribution in [-0.2, 0) is 6.54 Å². The van der Waals surface area contributed by atoms with Gasteiger partial charge in [-0.2, -0.15) is 0 Å². The lowest BCUT2D eigenvalue weighted by atomic mass is 10.2. The summed E-state index contributed by atoms with van der Waals surface area (Å²) in [4.78, 5) is 4.12. The lowest BCUT2D eigenvalue weighted by Crippen LogP contribution is -2.32. The Balaban J connectivity index is 2.45. The van der Waals surface area contributed by atoms with Gasteiger partial charge in [0, 0.05) is 6.54 Å². The highest BCUT2D eigenvalue weighted by molar-refractivity contribution is 5.78. The van der Waals surface area contributed by atoms with Gasteiger partial charge in [-0.3, -0.25) is 0 Å². The maximum absolute atomic E-state index is 12.6. The maximum Gasteiger partial charge on any atom is 0.189 e. The first-order valence-corrected chi connectivity index (χ1v) is 5.00. The first kappa shape index (κ1) is 12.2. The lowest BCUT2D eigenvalue weighted by Gasteiger charge is -2.04. The molecule has 3 nitrogen and oxygen atoms in total. The van der Waals surface area contributed by atoms with Crippen LogP contribution in [0, 0.1) is 5.82 Å². The number of aliphatic imine (C=N–C) groups is 1. The van der Waals surface area contributed by atoms with E-state index in [0.717, 1.165) is 11.1 Å². The van der Waals surface area contributed by atoms with Gasteiger partial charge >= 0.3 is 0 Å². The second-order valence-electron chi connectivity index (χ2n) is 3.64. The summed E-state index contributed by atoms with van der Waals surface area (Å²) in [6.45, 7) is 6.69. The molecule has 0 fully saturated rings. The molecule has 0 aliphatic heterocycles. The smallest absolute Gasteiger partial charge is 0.189 e. The Kier molecular flexibility index (Phi) is 4.51. The van der Waals surface area contributed by atoms with Gasteiger partial charge in [-0.1, -0.05) is 24.3 Å². The number of hydrogen-bond donors (Lipinski definition) is 2. The zero-order chi connectivity index (χ0) is 12.0. The third-order valence-electron chi connectivity index (χ3n) is 1.92. The van der Waals surface area contributed by atoms with Crippen LogP contribution in [0.25, 0.3) is 0 Å². The van der Waals surface area contributed by atoms with Crippen LogP contribution in [0.2, 0.25) is 0 Å². The van der Waals surface area contributed by atoms with Gasteiger partial charge in [0.05, 0.1) is 6.54 Å². The molecule has 0 radical (unpaired) electrons. The normalized spacial score (nSPS) is 11.2. The highest BCUT2D eigenvalue weighted by Crippen LogP contribution is 2.03. The second kappa shape index (κ2) is 5.90. The Bertz CT molecular complexity index is 382. The number of guanidine groups is 1. The van der Waals surface area contributed by atoms with Gasteiger partial charge in [0.15, 0.2) is 5.96 Å². The molecule has 0 atom stereocenters. The summed E-state index contributed by atoms with van der Waals surface area (Å²) in [5, 5.41) is 2.92. The average molecular weight is 221 g/mol. The lowest BCUT2D eigenvalue weighted by molar-refractivity contribution is 0.627. The van der Waals surface area contributed by atoms with Crippen LogP contribution < -0.4 is 11.1 Å². The Hall–Kier alpha value is -1.84. The van der Waals surface area contributed by atoms with Crippen molar-refractivity contribution in [3.63, 3.8) is 0 Å². The Morgan fingerprint density at radius 2 is 2.06 bits per heavy atom. The average Bonchev–Trinajstić information content (AvgIpc) is 2.25. The van der Waals surface area contributed by atoms with Crippen molar-refractivity contribution in [2.45, 2.75) is 13.5 Å². The van der Waals surface area contributed by atoms with Crippen LogP contribution in [0.15, 0.2) is 41.4 Å². The molecule has 0 amide bonds. The molecular weight excluding hydrogens is 205 g/mol. The molecule has 4 heteroatoms. The molecule has 0 spiro atoms. The molecule has 16 heavy (non-hydrogen) atoms. The number of nitrogens with zero attached hydrogens (tertiary/aromatic N) is 1. The molecule has 3 N–H and O–H groups in total. The molecule has 0 heterocycles. The van der Waals surface area contributed by atoms with Crippen LogP contribution in [0.1, 0.15) is 12.5 Å². The monoisotopic (exact) mass is 221 g/mol. The zero-order valence-electron chi connectivity index (χ0n) is 9.33. The predicted molar refractivity (Wildman–Crippen MR) is 64.5 cm³/mol. The van der Waals surface area contributed by atoms with Crippen molar-refractivity contribution in [3.8, 4) is 0 Å². The van der Waals surface area contributed by atoms with E-state index in [0.29, 0.717) is 19.0 Å². The summed E-state index contributed by atoms with van der Waals surface area (Å²) >= 11 is 0. The highest BCUT2D eigenvalue weighted by atomic mass is 19.1. The zero-order valence-corrected chi connectivity index (χ0v) is 9.33. The summed E-state index contributed by atoms with van der Waals surface area (Å²) < 4.78 is 12.6. The maximum atomic E-state index is 12.6. The number of nitrogens with one attached hydrogen (secondary N) is 1. The fourth-order valence-corrected chi connectivity index (χ4v) is 1.06. The van der Waals surface area contributed by atoms with E-state index in [-0.39, 0.29) is 5.82 Å². The van der Waals surface area contributed by atoms with Crippen LogP contribution in [0.3, 0.4) is 0 Å². The molecular formula is C12H16FN3. The third-order valence-corrected chi connectivity index (χ3v) is 1.92. The van der Waals surface area contributed by atoms with Gasteiger partial charge in [0.2, 0.25) is 0 Å². The Morgan fingerprint density at radius 3 is 2.62 bits per heavy atom. The molecule has 0 unspecified atom stereocenters. The van der Waals surface area contributed by atoms with Gasteiger partial charge < -0.3 is 11.1 Å². The number of benzene rings is 1. The molecule has 0 aromatic heterocycles. The summed E-state index contributed by atoms with van der Waals surface area (Å²) in [7, 11) is 0. The minimum atomic E-state index is -0.249. The number of hydrogen-bond acceptors (Lipinski definition) is 1. The van der Waals surface area contributed by atoms with Crippen LogP contribution >= 0.6 is 0 Å². The van der Waals surface area contributed by atoms with E-state index < -0.39 is 0 Å². The fourth-order valence-electron chi connectivity index (χ4n) is 1.06. The van der Waals surface area contributed by atoms with Gasteiger partial charge in [0.25, 0.3) is 0 Å². The molecule has 0 saturated carbocycles. The van der Waals surface area contributed by atoms with Crippen molar-refractivity contribution in [1.29, 1.82) is 0 Å². The van der Waals surface area contributed by atoms with Gasteiger partial charge in [-0.15, -0.1) is 0 Å². The van der Waals surface area contributed by atoms with E-state index in [1.54, 1.807) is 12.1 Å². The quantitative estimate of drug-likeness (QED) is 0.463. The van der Waals surface area contributed by atoms with Crippen molar-refractivity contribution in [2.24, 2.45) is 10.7 Å². The van der Waals surface area contributed by atoms with Crippen LogP contribution in [-0.4, -0.2) is 12.5 Å². The molecule has 86 valence electrons. The third kappa shape index (κ3) is 4.59. The first-order chi connectivity index (χ1) is 7.58. The van der Waals surface area contributed by atoms with E-state index in [4.69, 9.17) is 5.73 Å². The summed E-state index contributed by atoms with van der Waals surface area (Å²) in [5.41, 5.74) is 7.53. The molecule has 0 aliphatic rings. The SMILES string of the molecule is C=C(C)CNC(N)=NCc1ccc(F)cc1. The summed E-state index contributed by atoms with van der Waals surface area (Å²) in [6, 6.07) is 6.18. The Labute approximate surface area is 94.9 Å². The highest BCUT2D eigenvalue weighted by Gasteiger charge is 1.94. The molecule has 1 aromatic rings. The molecule has 0 saturated heterocycles. The van der Waals surface area contributed by atoms with Crippen molar-refractivity contribution in [1.82, 2.24) is 5.32 Å². The second-order valence-corrected chi connectivity index (χ2v) is 3.64. The first-order valence-electron chi connectivity index (χ1n) is 5.00. The van der Waals surface area contributed by atoms with Gasteiger partial charge in [0.1, 0.15) is 5.82 Å². The Morgan fingerprint density at radius 1 is 1.44 bits per heavy atom. The molecule has 0 aliphatic carbocycles. The van der Waals surface area contributed by atoms with Crippen molar-refractivity contribution < 1.29 is 4.39 Å². The minimum Gasteiger partial charge on any atom is -0.370 e. The van der Waals surface area contributed by atoms with E-state index in [9.17, 15) is 4.39 Å². The van der Waals surface area contributed by atoms with Gasteiger partial charge in [-0.25, -0.2) is 9.38 Å². The minimum absolute atomic E-state index is 0.249. The molecule has 1 aromatic carbocycles. The van der Waals surface area contributed by atoms with E-state index in [2.05, 4.69) is 16.9 Å². The topological polar surface area (TPSA) is 50.4 Å². The van der Waals surface area contributed by atoms with E-state index >= 15 is 0 Å². The van der Waals surface area contributed by atoms with Gasteiger partial charge in [-0.05, 0) is 24.6 Å². The van der Waals surface area contributed by atoms with Crippen molar-refractivity contribution in [3.05, 3.63) is 47.8 Å². The number of halogens is 1. The van der Waals surface area contributed by atoms with Crippen molar-refractivity contribution in [2.75, 3.05) is 6.54 Å².